The third-order valence-corrected chi connectivity index (χ3v) is 6.92. The highest BCUT2D eigenvalue weighted by Crippen LogP contribution is 2.40. The van der Waals surface area contributed by atoms with Crippen LogP contribution in [0.2, 0.25) is 0 Å². The Labute approximate surface area is 156 Å². The maximum absolute atomic E-state index is 12.8. The summed E-state index contributed by atoms with van der Waals surface area (Å²) < 4.78 is 0. The second-order valence-corrected chi connectivity index (χ2v) is 8.74. The van der Waals surface area contributed by atoms with Crippen LogP contribution < -0.4 is 10.6 Å². The number of aliphatic carboxylic acids is 1. The molecule has 1 aromatic rings. The lowest BCUT2D eigenvalue weighted by atomic mass is 9.79. The third-order valence-electron chi connectivity index (χ3n) is 5.72. The fourth-order valence-corrected chi connectivity index (χ4v) is 5.45. The van der Waals surface area contributed by atoms with Crippen LogP contribution in [0.25, 0.3) is 0 Å². The lowest BCUT2D eigenvalue weighted by Crippen LogP contribution is -2.36. The SMILES string of the molecule is O=C(NC1CC1)c1c(NC(=O)[C@@H]2CCCC[C@@H]2C(=O)O)sc2c1CCC2. The fourth-order valence-electron chi connectivity index (χ4n) is 4.16. The summed E-state index contributed by atoms with van der Waals surface area (Å²) in [7, 11) is 0. The van der Waals surface area contributed by atoms with E-state index >= 15 is 0 Å². The zero-order valence-electron chi connectivity index (χ0n) is 14.7. The van der Waals surface area contributed by atoms with Crippen molar-refractivity contribution in [3.8, 4) is 0 Å². The number of anilines is 1. The van der Waals surface area contributed by atoms with Gasteiger partial charge in [-0.1, -0.05) is 12.8 Å². The molecule has 4 rings (SSSR count). The lowest BCUT2D eigenvalue weighted by Gasteiger charge is -2.27. The predicted molar refractivity (Wildman–Crippen MR) is 98.5 cm³/mol. The van der Waals surface area contributed by atoms with Crippen LogP contribution >= 0.6 is 11.3 Å². The number of hydrogen-bond donors (Lipinski definition) is 3. The molecule has 1 aromatic heterocycles. The summed E-state index contributed by atoms with van der Waals surface area (Å²) in [6.45, 7) is 0. The summed E-state index contributed by atoms with van der Waals surface area (Å²) in [4.78, 5) is 38.2. The van der Waals surface area contributed by atoms with Gasteiger partial charge in [-0.2, -0.15) is 0 Å². The molecule has 3 aliphatic carbocycles. The minimum atomic E-state index is -0.898. The van der Waals surface area contributed by atoms with Crippen molar-refractivity contribution in [2.45, 2.75) is 63.8 Å². The molecule has 6 nitrogen and oxygen atoms in total. The van der Waals surface area contributed by atoms with Gasteiger partial charge in [0.1, 0.15) is 5.00 Å². The molecule has 2 atom stereocenters. The second-order valence-electron chi connectivity index (χ2n) is 7.63. The second kappa shape index (κ2) is 7.02. The van der Waals surface area contributed by atoms with Gasteiger partial charge in [-0.15, -0.1) is 11.3 Å². The monoisotopic (exact) mass is 376 g/mol. The number of thiophene rings is 1. The van der Waals surface area contributed by atoms with E-state index in [-0.39, 0.29) is 17.9 Å². The van der Waals surface area contributed by atoms with Crippen LogP contribution in [0.3, 0.4) is 0 Å². The van der Waals surface area contributed by atoms with Crippen molar-refractivity contribution in [1.29, 1.82) is 0 Å². The number of aryl methyl sites for hydroxylation is 1. The third kappa shape index (κ3) is 3.37. The Morgan fingerprint density at radius 2 is 1.69 bits per heavy atom. The van der Waals surface area contributed by atoms with E-state index in [1.165, 1.54) is 16.2 Å². The van der Waals surface area contributed by atoms with E-state index in [2.05, 4.69) is 10.6 Å². The Balaban J connectivity index is 1.56. The maximum atomic E-state index is 12.8. The Morgan fingerprint density at radius 1 is 0.962 bits per heavy atom. The number of fused-ring (bicyclic) bond motifs is 1. The molecule has 140 valence electrons. The molecule has 0 aliphatic heterocycles. The number of nitrogens with one attached hydrogen (secondary N) is 2. The molecule has 7 heteroatoms. The smallest absolute Gasteiger partial charge is 0.307 e. The van der Waals surface area contributed by atoms with E-state index in [0.29, 0.717) is 23.4 Å². The van der Waals surface area contributed by atoms with Gasteiger partial charge in [0.15, 0.2) is 0 Å². The summed E-state index contributed by atoms with van der Waals surface area (Å²) >= 11 is 1.49. The normalized spacial score (nSPS) is 24.8. The van der Waals surface area contributed by atoms with E-state index in [0.717, 1.165) is 50.5 Å². The number of carbonyl (C=O) groups excluding carboxylic acids is 2. The van der Waals surface area contributed by atoms with Crippen molar-refractivity contribution in [1.82, 2.24) is 5.32 Å². The molecule has 0 radical (unpaired) electrons. The molecule has 3 N–H and O–H groups in total. The van der Waals surface area contributed by atoms with Gasteiger partial charge in [-0.3, -0.25) is 14.4 Å². The van der Waals surface area contributed by atoms with Gasteiger partial charge < -0.3 is 15.7 Å². The van der Waals surface area contributed by atoms with Crippen LogP contribution in [-0.4, -0.2) is 28.9 Å². The van der Waals surface area contributed by atoms with Gasteiger partial charge in [0.2, 0.25) is 5.91 Å². The Bertz CT molecular complexity index is 753. The minimum Gasteiger partial charge on any atom is -0.481 e. The van der Waals surface area contributed by atoms with E-state index in [4.69, 9.17) is 0 Å². The molecule has 0 unspecified atom stereocenters. The van der Waals surface area contributed by atoms with Crippen LogP contribution in [0.4, 0.5) is 5.00 Å². The Morgan fingerprint density at radius 3 is 2.38 bits per heavy atom. The first-order valence-corrected chi connectivity index (χ1v) is 10.4. The highest BCUT2D eigenvalue weighted by Gasteiger charge is 2.37. The van der Waals surface area contributed by atoms with E-state index < -0.39 is 17.8 Å². The topological polar surface area (TPSA) is 95.5 Å². The largest absolute Gasteiger partial charge is 0.481 e. The summed E-state index contributed by atoms with van der Waals surface area (Å²) in [6, 6.07) is 0.262. The van der Waals surface area contributed by atoms with Crippen molar-refractivity contribution in [3.05, 3.63) is 16.0 Å². The van der Waals surface area contributed by atoms with E-state index in [1.54, 1.807) is 0 Å². The number of carbonyl (C=O) groups is 3. The molecule has 0 saturated heterocycles. The Kier molecular flexibility index (Phi) is 4.73. The quantitative estimate of drug-likeness (QED) is 0.736. The Hall–Kier alpha value is -1.89. The first kappa shape index (κ1) is 17.5. The number of carboxylic acid groups (broad SMARTS) is 1. The minimum absolute atomic E-state index is 0.0966. The number of hydrogen-bond acceptors (Lipinski definition) is 4. The van der Waals surface area contributed by atoms with Gasteiger partial charge in [-0.05, 0) is 50.5 Å². The zero-order chi connectivity index (χ0) is 18.3. The van der Waals surface area contributed by atoms with E-state index in [9.17, 15) is 19.5 Å². The lowest BCUT2D eigenvalue weighted by molar-refractivity contribution is -0.147. The molecule has 1 heterocycles. The highest BCUT2D eigenvalue weighted by molar-refractivity contribution is 7.17. The van der Waals surface area contributed by atoms with Crippen molar-refractivity contribution in [2.24, 2.45) is 11.8 Å². The maximum Gasteiger partial charge on any atom is 0.307 e. The van der Waals surface area contributed by atoms with E-state index in [1.807, 2.05) is 0 Å². The van der Waals surface area contributed by atoms with Crippen molar-refractivity contribution in [2.75, 3.05) is 5.32 Å². The molecular formula is C19H24N2O4S. The average Bonchev–Trinajstić information content (AvgIpc) is 3.20. The standard InChI is InChI=1S/C19H24N2O4S/c22-16(11-4-1-2-5-12(11)19(24)25)21-18-15(17(23)20-10-8-9-10)13-6-3-7-14(13)26-18/h10-12H,1-9H2,(H,20,23)(H,21,22)(H,24,25)/t11-,12+/m1/s1. The van der Waals surface area contributed by atoms with Crippen LogP contribution in [-0.2, 0) is 22.4 Å². The molecular weight excluding hydrogens is 352 g/mol. The van der Waals surface area contributed by atoms with Crippen molar-refractivity contribution in [3.63, 3.8) is 0 Å². The number of rotatable bonds is 5. The molecule has 0 aromatic carbocycles. The summed E-state index contributed by atoms with van der Waals surface area (Å²) in [5.41, 5.74) is 1.69. The first-order valence-electron chi connectivity index (χ1n) is 9.53. The van der Waals surface area contributed by atoms with Gasteiger partial charge in [0.25, 0.3) is 5.91 Å². The van der Waals surface area contributed by atoms with Gasteiger partial charge >= 0.3 is 5.97 Å². The van der Waals surface area contributed by atoms with Crippen LogP contribution in [0.5, 0.6) is 0 Å². The molecule has 0 spiro atoms. The summed E-state index contributed by atoms with van der Waals surface area (Å²) in [6.07, 6.45) is 7.76. The highest BCUT2D eigenvalue weighted by atomic mass is 32.1. The molecule has 3 aliphatic rings. The van der Waals surface area contributed by atoms with Gasteiger partial charge in [0, 0.05) is 10.9 Å². The van der Waals surface area contributed by atoms with Gasteiger partial charge in [-0.25, -0.2) is 0 Å². The number of amides is 2. The van der Waals surface area contributed by atoms with Crippen molar-refractivity contribution < 1.29 is 19.5 Å². The fraction of sp³-hybridized carbons (Fsp3) is 0.632. The summed E-state index contributed by atoms with van der Waals surface area (Å²) in [5.74, 6) is -2.39. The van der Waals surface area contributed by atoms with Crippen LogP contribution in [0.1, 0.15) is 65.7 Å². The molecule has 2 saturated carbocycles. The molecule has 2 fully saturated rings. The number of carboxylic acids is 1. The predicted octanol–water partition coefficient (Wildman–Crippen LogP) is 2.96. The van der Waals surface area contributed by atoms with Gasteiger partial charge in [0.05, 0.1) is 17.4 Å². The van der Waals surface area contributed by atoms with Crippen LogP contribution in [0, 0.1) is 11.8 Å². The average molecular weight is 376 g/mol. The molecule has 0 bridgehead atoms. The first-order chi connectivity index (χ1) is 12.5. The van der Waals surface area contributed by atoms with Crippen LogP contribution in [0.15, 0.2) is 0 Å². The molecule has 2 amide bonds. The summed E-state index contributed by atoms with van der Waals surface area (Å²) in [5, 5.41) is 16.0. The van der Waals surface area contributed by atoms with Crippen molar-refractivity contribution >= 4 is 34.1 Å². The zero-order valence-corrected chi connectivity index (χ0v) is 15.5. The molecule has 26 heavy (non-hydrogen) atoms.